The van der Waals surface area contributed by atoms with E-state index in [-0.39, 0.29) is 17.1 Å². The molecule has 0 bridgehead atoms. The second-order valence-corrected chi connectivity index (χ2v) is 7.80. The third-order valence-electron chi connectivity index (χ3n) is 3.70. The Labute approximate surface area is 161 Å². The van der Waals surface area contributed by atoms with Crippen LogP contribution in [0.1, 0.15) is 26.5 Å². The molecule has 0 aliphatic rings. The van der Waals surface area contributed by atoms with Gasteiger partial charge in [-0.05, 0) is 24.3 Å². The van der Waals surface area contributed by atoms with Crippen molar-refractivity contribution < 1.29 is 14.1 Å². The molecule has 0 fully saturated rings. The summed E-state index contributed by atoms with van der Waals surface area (Å²) in [6.07, 6.45) is 0. The maximum Gasteiger partial charge on any atom is 0.237 e. The number of anilines is 1. The Bertz CT molecular complexity index is 912. The maximum atomic E-state index is 12.1. The summed E-state index contributed by atoms with van der Waals surface area (Å²) in [6, 6.07) is 9.20. The fraction of sp³-hybridized carbons (Fsp3) is 0.333. The molecule has 3 aromatic rings. The monoisotopic (exact) mass is 387 g/mol. The summed E-state index contributed by atoms with van der Waals surface area (Å²) in [7, 11) is 1.62. The van der Waals surface area contributed by atoms with Crippen LogP contribution in [0.3, 0.4) is 0 Å². The number of amides is 1. The van der Waals surface area contributed by atoms with Crippen LogP contribution < -0.4 is 10.1 Å². The Balaban J connectivity index is 1.54. The summed E-state index contributed by atoms with van der Waals surface area (Å²) in [6.45, 7) is 6.07. The fourth-order valence-corrected chi connectivity index (χ4v) is 2.78. The van der Waals surface area contributed by atoms with Gasteiger partial charge < -0.3 is 9.26 Å². The second kappa shape index (κ2) is 7.83. The van der Waals surface area contributed by atoms with Crippen molar-refractivity contribution in [1.29, 1.82) is 0 Å². The molecule has 2 heterocycles. The highest BCUT2D eigenvalue weighted by atomic mass is 32.2. The molecule has 0 radical (unpaired) electrons. The summed E-state index contributed by atoms with van der Waals surface area (Å²) in [5, 5.41) is 14.2. The van der Waals surface area contributed by atoms with E-state index in [1.807, 2.05) is 45.0 Å². The van der Waals surface area contributed by atoms with Gasteiger partial charge >= 0.3 is 0 Å². The number of ether oxygens (including phenoxy) is 1. The van der Waals surface area contributed by atoms with Crippen molar-refractivity contribution in [3.05, 3.63) is 36.0 Å². The van der Waals surface area contributed by atoms with Crippen molar-refractivity contribution in [2.24, 2.45) is 0 Å². The van der Waals surface area contributed by atoms with Crippen LogP contribution in [-0.4, -0.2) is 39.1 Å². The number of aromatic nitrogens is 4. The minimum absolute atomic E-state index is 0.141. The first-order valence-electron chi connectivity index (χ1n) is 8.32. The van der Waals surface area contributed by atoms with Crippen molar-refractivity contribution in [3.8, 4) is 17.1 Å². The van der Waals surface area contributed by atoms with E-state index in [4.69, 9.17) is 9.26 Å². The first kappa shape index (κ1) is 19.0. The summed E-state index contributed by atoms with van der Waals surface area (Å²) in [5.41, 5.74) is 1.53. The van der Waals surface area contributed by atoms with Gasteiger partial charge in [0, 0.05) is 17.0 Å². The molecule has 0 spiro atoms. The molecule has 2 N–H and O–H groups in total. The van der Waals surface area contributed by atoms with E-state index in [9.17, 15) is 4.79 Å². The molecule has 9 heteroatoms. The number of nitrogens with zero attached hydrogens (tertiary/aromatic N) is 3. The van der Waals surface area contributed by atoms with Gasteiger partial charge in [-0.3, -0.25) is 15.2 Å². The highest BCUT2D eigenvalue weighted by molar-refractivity contribution is 7.99. The highest BCUT2D eigenvalue weighted by Gasteiger charge is 2.19. The van der Waals surface area contributed by atoms with E-state index in [1.54, 1.807) is 13.2 Å². The van der Waals surface area contributed by atoms with E-state index >= 15 is 0 Å². The number of carbonyl (C=O) groups is 1. The van der Waals surface area contributed by atoms with E-state index in [0.717, 1.165) is 17.0 Å². The van der Waals surface area contributed by atoms with Gasteiger partial charge in [0.15, 0.2) is 5.82 Å². The van der Waals surface area contributed by atoms with Crippen molar-refractivity contribution in [2.75, 3.05) is 18.2 Å². The standard InChI is InChI=1S/C18H21N5O3S/c1-18(2,3)13-9-15(26-23-13)19-14(24)10-27-17-20-16(21-22-17)11-5-7-12(25-4)8-6-11/h5-9H,10H2,1-4H3,(H,19,24)(H,20,21,22). The Hall–Kier alpha value is -2.81. The van der Waals surface area contributed by atoms with Gasteiger partial charge in [-0.2, -0.15) is 0 Å². The summed E-state index contributed by atoms with van der Waals surface area (Å²) in [4.78, 5) is 16.5. The lowest BCUT2D eigenvalue weighted by molar-refractivity contribution is -0.113. The highest BCUT2D eigenvalue weighted by Crippen LogP contribution is 2.24. The molecule has 1 amide bonds. The van der Waals surface area contributed by atoms with Crippen LogP contribution in [0.2, 0.25) is 0 Å². The van der Waals surface area contributed by atoms with Crippen molar-refractivity contribution >= 4 is 23.6 Å². The zero-order valence-electron chi connectivity index (χ0n) is 15.6. The lowest BCUT2D eigenvalue weighted by Crippen LogP contribution is -2.14. The Morgan fingerprint density at radius 3 is 2.67 bits per heavy atom. The molecule has 0 saturated heterocycles. The summed E-state index contributed by atoms with van der Waals surface area (Å²) in [5.74, 6) is 1.68. The van der Waals surface area contributed by atoms with E-state index in [0.29, 0.717) is 16.9 Å². The molecule has 3 rings (SSSR count). The SMILES string of the molecule is COc1ccc(-c2nc(SCC(=O)Nc3cc(C(C)(C)C)no3)n[nH]2)cc1. The molecule has 0 saturated carbocycles. The van der Waals surface area contributed by atoms with Crippen LogP contribution in [0.5, 0.6) is 5.75 Å². The van der Waals surface area contributed by atoms with Crippen LogP contribution in [-0.2, 0) is 10.2 Å². The number of carbonyl (C=O) groups excluding carboxylic acids is 1. The number of thioether (sulfide) groups is 1. The summed E-state index contributed by atoms with van der Waals surface area (Å²) < 4.78 is 10.3. The molecule has 0 unspecified atom stereocenters. The van der Waals surface area contributed by atoms with Gasteiger partial charge in [0.1, 0.15) is 5.75 Å². The molecule has 0 aliphatic carbocycles. The normalized spacial score (nSPS) is 11.4. The fourth-order valence-electron chi connectivity index (χ4n) is 2.18. The number of methoxy groups -OCH3 is 1. The number of rotatable bonds is 6. The first-order chi connectivity index (χ1) is 12.8. The number of aromatic amines is 1. The molecule has 27 heavy (non-hydrogen) atoms. The molecule has 8 nitrogen and oxygen atoms in total. The number of hydrogen-bond donors (Lipinski definition) is 2. The average Bonchev–Trinajstić information content (AvgIpc) is 3.29. The van der Waals surface area contributed by atoms with Gasteiger partial charge in [-0.25, -0.2) is 4.98 Å². The Morgan fingerprint density at radius 1 is 1.30 bits per heavy atom. The number of H-pyrrole nitrogens is 1. The molecule has 142 valence electrons. The quantitative estimate of drug-likeness (QED) is 0.624. The Morgan fingerprint density at radius 2 is 2.04 bits per heavy atom. The van der Waals surface area contributed by atoms with E-state index in [2.05, 4.69) is 25.7 Å². The van der Waals surface area contributed by atoms with Crippen LogP contribution in [0.25, 0.3) is 11.4 Å². The zero-order valence-corrected chi connectivity index (χ0v) is 16.4. The molecule has 2 aromatic heterocycles. The van der Waals surface area contributed by atoms with Gasteiger partial charge in [-0.1, -0.05) is 37.7 Å². The smallest absolute Gasteiger partial charge is 0.237 e. The maximum absolute atomic E-state index is 12.1. The number of nitrogens with one attached hydrogen (secondary N) is 2. The third-order valence-corrected chi connectivity index (χ3v) is 4.55. The van der Waals surface area contributed by atoms with Gasteiger partial charge in [0.05, 0.1) is 18.6 Å². The number of hydrogen-bond acceptors (Lipinski definition) is 7. The van der Waals surface area contributed by atoms with Crippen LogP contribution in [0, 0.1) is 0 Å². The third kappa shape index (κ3) is 4.88. The van der Waals surface area contributed by atoms with Gasteiger partial charge in [-0.15, -0.1) is 5.10 Å². The average molecular weight is 387 g/mol. The minimum Gasteiger partial charge on any atom is -0.497 e. The lowest BCUT2D eigenvalue weighted by Gasteiger charge is -2.12. The Kier molecular flexibility index (Phi) is 5.50. The van der Waals surface area contributed by atoms with Crippen LogP contribution >= 0.6 is 11.8 Å². The summed E-state index contributed by atoms with van der Waals surface area (Å²) >= 11 is 1.23. The molecule has 0 atom stereocenters. The zero-order chi connectivity index (χ0) is 19.4. The minimum atomic E-state index is -0.215. The lowest BCUT2D eigenvalue weighted by atomic mass is 9.92. The van der Waals surface area contributed by atoms with E-state index < -0.39 is 0 Å². The van der Waals surface area contributed by atoms with E-state index in [1.165, 1.54) is 11.8 Å². The van der Waals surface area contributed by atoms with Gasteiger partial charge in [0.2, 0.25) is 16.9 Å². The van der Waals surface area contributed by atoms with Crippen molar-refractivity contribution in [3.63, 3.8) is 0 Å². The van der Waals surface area contributed by atoms with Crippen molar-refractivity contribution in [1.82, 2.24) is 20.3 Å². The predicted molar refractivity (Wildman–Crippen MR) is 103 cm³/mol. The molecule has 1 aromatic carbocycles. The molecule has 0 aliphatic heterocycles. The second-order valence-electron chi connectivity index (χ2n) is 6.86. The molecular formula is C18H21N5O3S. The van der Waals surface area contributed by atoms with Crippen LogP contribution in [0.4, 0.5) is 5.88 Å². The molecular weight excluding hydrogens is 366 g/mol. The topological polar surface area (TPSA) is 106 Å². The largest absolute Gasteiger partial charge is 0.497 e. The number of benzene rings is 1. The first-order valence-corrected chi connectivity index (χ1v) is 9.30. The van der Waals surface area contributed by atoms with Crippen molar-refractivity contribution in [2.45, 2.75) is 31.3 Å². The van der Waals surface area contributed by atoms with Crippen LogP contribution in [0.15, 0.2) is 40.0 Å². The van der Waals surface area contributed by atoms with Gasteiger partial charge in [0.25, 0.3) is 0 Å². The predicted octanol–water partition coefficient (Wildman–Crippen LogP) is 3.50.